The molecule has 0 radical (unpaired) electrons. The van der Waals surface area contributed by atoms with Gasteiger partial charge in [0, 0.05) is 6.42 Å². The average molecular weight is 288 g/mol. The first-order chi connectivity index (χ1) is 9.26. The smallest absolute Gasteiger partial charge is 0.306 e. The number of esters is 1. The summed E-state index contributed by atoms with van der Waals surface area (Å²) < 4.78 is 17.0. The summed E-state index contributed by atoms with van der Waals surface area (Å²) in [7, 11) is 0. The maximum atomic E-state index is 11.5. The van der Waals surface area contributed by atoms with Crippen molar-refractivity contribution in [1.29, 1.82) is 0 Å². The molecule has 0 bridgehead atoms. The summed E-state index contributed by atoms with van der Waals surface area (Å²) in [6.45, 7) is 5.37. The van der Waals surface area contributed by atoms with Gasteiger partial charge in [0.15, 0.2) is 6.10 Å². The second kappa shape index (κ2) is 7.50. The van der Waals surface area contributed by atoms with E-state index in [2.05, 4.69) is 6.92 Å². The molecule has 0 aromatic heterocycles. The summed E-state index contributed by atoms with van der Waals surface area (Å²) in [5.74, 6) is 1.01. The van der Waals surface area contributed by atoms with Crippen molar-refractivity contribution in [1.82, 2.24) is 0 Å². The number of rotatable bonds is 7. The van der Waals surface area contributed by atoms with E-state index in [1.807, 2.05) is 18.7 Å². The molecule has 0 aromatic carbocycles. The lowest BCUT2D eigenvalue weighted by Crippen LogP contribution is -2.33. The van der Waals surface area contributed by atoms with Crippen LogP contribution in [0.25, 0.3) is 0 Å². The Balaban J connectivity index is 1.78. The average Bonchev–Trinajstić information content (AvgIpc) is 2.94. The van der Waals surface area contributed by atoms with Crippen LogP contribution < -0.4 is 0 Å². The fraction of sp³-hybridized carbons (Fsp3) is 0.929. The van der Waals surface area contributed by atoms with Crippen molar-refractivity contribution < 1.29 is 19.0 Å². The van der Waals surface area contributed by atoms with Crippen molar-refractivity contribution in [2.45, 2.75) is 63.1 Å². The Hall–Kier alpha value is -0.260. The van der Waals surface area contributed by atoms with Crippen LogP contribution in [0.5, 0.6) is 0 Å². The largest absolute Gasteiger partial charge is 0.457 e. The van der Waals surface area contributed by atoms with E-state index < -0.39 is 0 Å². The molecule has 4 atom stereocenters. The van der Waals surface area contributed by atoms with E-state index in [-0.39, 0.29) is 24.3 Å². The predicted octanol–water partition coefficient (Wildman–Crippen LogP) is 2.40. The van der Waals surface area contributed by atoms with E-state index in [1.54, 1.807) is 0 Å². The number of ether oxygens (including phenoxy) is 3. The Kier molecular flexibility index (Phi) is 5.98. The van der Waals surface area contributed by atoms with E-state index >= 15 is 0 Å². The van der Waals surface area contributed by atoms with Gasteiger partial charge in [-0.1, -0.05) is 20.3 Å². The van der Waals surface area contributed by atoms with Gasteiger partial charge in [-0.05, 0) is 18.6 Å². The monoisotopic (exact) mass is 288 g/mol. The van der Waals surface area contributed by atoms with Crippen LogP contribution in [0.15, 0.2) is 0 Å². The second-order valence-electron chi connectivity index (χ2n) is 5.14. The fourth-order valence-corrected chi connectivity index (χ4v) is 3.84. The SMILES string of the molecule is CCCCS[C@H]1CO[C@H]2[C@@H]1OC[C@@H]2OC(=O)CCC. The molecule has 0 saturated carbocycles. The highest BCUT2D eigenvalue weighted by Crippen LogP contribution is 2.35. The van der Waals surface area contributed by atoms with Gasteiger partial charge in [0.2, 0.25) is 0 Å². The van der Waals surface area contributed by atoms with Crippen molar-refractivity contribution in [2.75, 3.05) is 19.0 Å². The molecular formula is C14H24O4S. The van der Waals surface area contributed by atoms with Crippen LogP contribution in [-0.4, -0.2) is 48.5 Å². The van der Waals surface area contributed by atoms with Gasteiger partial charge < -0.3 is 14.2 Å². The normalized spacial score (nSPS) is 33.4. The zero-order valence-electron chi connectivity index (χ0n) is 11.8. The molecule has 2 saturated heterocycles. The lowest BCUT2D eigenvalue weighted by atomic mass is 10.1. The third-order valence-corrected chi connectivity index (χ3v) is 4.89. The molecule has 2 aliphatic heterocycles. The van der Waals surface area contributed by atoms with Crippen molar-refractivity contribution in [2.24, 2.45) is 0 Å². The zero-order valence-corrected chi connectivity index (χ0v) is 12.6. The molecule has 19 heavy (non-hydrogen) atoms. The first-order valence-electron chi connectivity index (χ1n) is 7.30. The Labute approximate surface area is 119 Å². The molecule has 0 spiro atoms. The number of thioether (sulfide) groups is 1. The minimum atomic E-state index is -0.208. The lowest BCUT2D eigenvalue weighted by Gasteiger charge is -2.16. The van der Waals surface area contributed by atoms with Crippen molar-refractivity contribution in [3.05, 3.63) is 0 Å². The summed E-state index contributed by atoms with van der Waals surface area (Å²) in [4.78, 5) is 11.5. The van der Waals surface area contributed by atoms with Crippen LogP contribution in [0.2, 0.25) is 0 Å². The van der Waals surface area contributed by atoms with Crippen molar-refractivity contribution >= 4 is 17.7 Å². The van der Waals surface area contributed by atoms with Crippen LogP contribution in [-0.2, 0) is 19.0 Å². The molecule has 0 unspecified atom stereocenters. The van der Waals surface area contributed by atoms with Crippen LogP contribution >= 0.6 is 11.8 Å². The Morgan fingerprint density at radius 1 is 1.21 bits per heavy atom. The minimum Gasteiger partial charge on any atom is -0.457 e. The first-order valence-corrected chi connectivity index (χ1v) is 8.35. The molecule has 0 N–H and O–H groups in total. The lowest BCUT2D eigenvalue weighted by molar-refractivity contribution is -0.153. The Bertz CT molecular complexity index is 297. The van der Waals surface area contributed by atoms with Gasteiger partial charge in [0.05, 0.1) is 18.5 Å². The molecule has 2 aliphatic rings. The maximum absolute atomic E-state index is 11.5. The Morgan fingerprint density at radius 3 is 2.74 bits per heavy atom. The molecule has 0 aromatic rings. The number of fused-ring (bicyclic) bond motifs is 1. The summed E-state index contributed by atoms with van der Waals surface area (Å²) >= 11 is 1.93. The first kappa shape index (κ1) is 15.1. The molecule has 2 heterocycles. The van der Waals surface area contributed by atoms with E-state index in [0.717, 1.165) is 12.2 Å². The molecular weight excluding hydrogens is 264 g/mol. The standard InChI is InChI=1S/C14H24O4S/c1-3-5-7-19-11-9-17-13-10(8-16-14(11)13)18-12(15)6-4-2/h10-11,13-14H,3-9H2,1-2H3/t10-,11-,13+,14+/m0/s1. The van der Waals surface area contributed by atoms with Crippen LogP contribution in [0.1, 0.15) is 39.5 Å². The van der Waals surface area contributed by atoms with Gasteiger partial charge in [-0.25, -0.2) is 0 Å². The predicted molar refractivity (Wildman–Crippen MR) is 75.4 cm³/mol. The number of hydrogen-bond acceptors (Lipinski definition) is 5. The maximum Gasteiger partial charge on any atom is 0.306 e. The molecule has 4 nitrogen and oxygen atoms in total. The van der Waals surface area contributed by atoms with E-state index in [0.29, 0.717) is 24.9 Å². The van der Waals surface area contributed by atoms with Gasteiger partial charge in [-0.15, -0.1) is 0 Å². The van der Waals surface area contributed by atoms with Gasteiger partial charge >= 0.3 is 5.97 Å². The molecule has 0 amide bonds. The van der Waals surface area contributed by atoms with Gasteiger partial charge in [0.25, 0.3) is 0 Å². The highest BCUT2D eigenvalue weighted by Gasteiger charge is 2.49. The highest BCUT2D eigenvalue weighted by atomic mass is 32.2. The molecule has 2 fully saturated rings. The van der Waals surface area contributed by atoms with Crippen LogP contribution in [0.4, 0.5) is 0 Å². The number of hydrogen-bond donors (Lipinski definition) is 0. The summed E-state index contributed by atoms with van der Waals surface area (Å²) in [6.07, 6.45) is 3.57. The van der Waals surface area contributed by atoms with Gasteiger partial charge in [0.1, 0.15) is 12.2 Å². The third kappa shape index (κ3) is 3.86. The van der Waals surface area contributed by atoms with Crippen LogP contribution in [0, 0.1) is 0 Å². The van der Waals surface area contributed by atoms with Crippen molar-refractivity contribution in [3.8, 4) is 0 Å². The molecule has 110 valence electrons. The number of carbonyl (C=O) groups is 1. The fourth-order valence-electron chi connectivity index (χ4n) is 2.48. The minimum absolute atomic E-state index is 0.0556. The summed E-state index contributed by atoms with van der Waals surface area (Å²) in [5.41, 5.74) is 0. The highest BCUT2D eigenvalue weighted by molar-refractivity contribution is 8.00. The topological polar surface area (TPSA) is 44.8 Å². The Morgan fingerprint density at radius 2 is 2.00 bits per heavy atom. The molecule has 0 aliphatic carbocycles. The van der Waals surface area contributed by atoms with E-state index in [9.17, 15) is 4.79 Å². The third-order valence-electron chi connectivity index (χ3n) is 3.53. The van der Waals surface area contributed by atoms with Gasteiger partial charge in [-0.3, -0.25) is 4.79 Å². The molecule has 5 heteroatoms. The van der Waals surface area contributed by atoms with Crippen LogP contribution in [0.3, 0.4) is 0 Å². The van der Waals surface area contributed by atoms with E-state index in [1.165, 1.54) is 12.8 Å². The quantitative estimate of drug-likeness (QED) is 0.532. The zero-order chi connectivity index (χ0) is 13.7. The van der Waals surface area contributed by atoms with Gasteiger partial charge in [-0.2, -0.15) is 11.8 Å². The van der Waals surface area contributed by atoms with E-state index in [4.69, 9.17) is 14.2 Å². The number of unbranched alkanes of at least 4 members (excludes halogenated alkanes) is 1. The van der Waals surface area contributed by atoms with Crippen molar-refractivity contribution in [3.63, 3.8) is 0 Å². The number of carbonyl (C=O) groups excluding carboxylic acids is 1. The summed E-state index contributed by atoms with van der Waals surface area (Å²) in [6, 6.07) is 0. The summed E-state index contributed by atoms with van der Waals surface area (Å²) in [5, 5.41) is 0.395. The second-order valence-corrected chi connectivity index (χ2v) is 6.48. The molecule has 2 rings (SSSR count).